The average Bonchev–Trinajstić information content (AvgIpc) is 2.65. The Morgan fingerprint density at radius 1 is 1.11 bits per heavy atom. The summed E-state index contributed by atoms with van der Waals surface area (Å²) in [7, 11) is 0. The Hall–Kier alpha value is -2.61. The first kappa shape index (κ1) is 19.2. The van der Waals surface area contributed by atoms with Crippen LogP contribution in [0.3, 0.4) is 0 Å². The topological polar surface area (TPSA) is 97.4 Å². The average molecular weight is 433 g/mol. The molecular weight excluding hydrogens is 412 g/mol. The Labute approximate surface area is 165 Å². The van der Waals surface area contributed by atoms with Crippen molar-refractivity contribution in [2.45, 2.75) is 19.4 Å². The van der Waals surface area contributed by atoms with E-state index >= 15 is 0 Å². The molecule has 2 aromatic rings. The number of halogens is 1. The van der Waals surface area contributed by atoms with E-state index in [1.807, 2.05) is 24.3 Å². The maximum absolute atomic E-state index is 12.2. The van der Waals surface area contributed by atoms with Gasteiger partial charge in [0.15, 0.2) is 0 Å². The summed E-state index contributed by atoms with van der Waals surface area (Å²) in [5.74, 6) is -0.538. The summed E-state index contributed by atoms with van der Waals surface area (Å²) in [6.07, 6.45) is 3.10. The number of nitrogens with one attached hydrogen (secondary N) is 1. The zero-order chi connectivity index (χ0) is 19.4. The molecule has 7 nitrogen and oxygen atoms in total. The van der Waals surface area contributed by atoms with Crippen LogP contribution in [-0.4, -0.2) is 29.5 Å². The fourth-order valence-electron chi connectivity index (χ4n) is 3.16. The van der Waals surface area contributed by atoms with Gasteiger partial charge in [-0.05, 0) is 59.1 Å². The largest absolute Gasteiger partial charge is 0.371 e. The Morgan fingerprint density at radius 3 is 2.41 bits per heavy atom. The molecule has 3 rings (SSSR count). The molecule has 0 aliphatic carbocycles. The molecule has 0 unspecified atom stereocenters. The second kappa shape index (κ2) is 8.39. The number of piperidine rings is 1. The van der Waals surface area contributed by atoms with E-state index in [1.165, 1.54) is 10.6 Å². The van der Waals surface area contributed by atoms with Crippen LogP contribution >= 0.6 is 15.9 Å². The van der Waals surface area contributed by atoms with Gasteiger partial charge in [-0.25, -0.2) is 0 Å². The summed E-state index contributed by atoms with van der Waals surface area (Å²) >= 11 is 3.29. The molecule has 0 spiro atoms. The van der Waals surface area contributed by atoms with E-state index in [0.29, 0.717) is 5.69 Å². The first-order chi connectivity index (χ1) is 12.9. The van der Waals surface area contributed by atoms with Crippen molar-refractivity contribution in [3.05, 3.63) is 57.4 Å². The number of hydrogen-bond acceptors (Lipinski definition) is 4. The first-order valence-electron chi connectivity index (χ1n) is 8.72. The van der Waals surface area contributed by atoms with Gasteiger partial charge in [0.05, 0.1) is 0 Å². The van der Waals surface area contributed by atoms with Gasteiger partial charge in [-0.3, -0.25) is 14.4 Å². The van der Waals surface area contributed by atoms with Gasteiger partial charge in [0, 0.05) is 47.1 Å². The Kier molecular flexibility index (Phi) is 5.95. The van der Waals surface area contributed by atoms with Crippen molar-refractivity contribution in [2.24, 2.45) is 11.7 Å². The fraction of sp³-hybridized carbons (Fsp3) is 0.316. The SMILES string of the molecule is NC(=O)C1CCN(c2ccc(NC(=O)Cn3cc(Br)ccc3=O)cc2)CC1. The third-order valence-electron chi connectivity index (χ3n) is 4.67. The highest BCUT2D eigenvalue weighted by Crippen LogP contribution is 2.24. The second-order valence-corrected chi connectivity index (χ2v) is 7.49. The number of carbonyl (C=O) groups is 2. The molecule has 1 fully saturated rings. The lowest BCUT2D eigenvalue weighted by Crippen LogP contribution is -2.38. The predicted molar refractivity (Wildman–Crippen MR) is 108 cm³/mol. The minimum atomic E-state index is -0.273. The van der Waals surface area contributed by atoms with Crippen molar-refractivity contribution in [1.29, 1.82) is 0 Å². The number of nitrogens with zero attached hydrogens (tertiary/aromatic N) is 2. The number of amides is 2. The normalized spacial score (nSPS) is 14.8. The van der Waals surface area contributed by atoms with Crippen LogP contribution in [0.15, 0.2) is 51.9 Å². The van der Waals surface area contributed by atoms with Crippen molar-refractivity contribution in [1.82, 2.24) is 4.57 Å². The monoisotopic (exact) mass is 432 g/mol. The van der Waals surface area contributed by atoms with Gasteiger partial charge in [0.1, 0.15) is 6.54 Å². The van der Waals surface area contributed by atoms with Crippen molar-refractivity contribution < 1.29 is 9.59 Å². The summed E-state index contributed by atoms with van der Waals surface area (Å²) < 4.78 is 2.08. The predicted octanol–water partition coefficient (Wildman–Crippen LogP) is 1.95. The van der Waals surface area contributed by atoms with E-state index in [2.05, 4.69) is 26.1 Å². The highest BCUT2D eigenvalue weighted by atomic mass is 79.9. The van der Waals surface area contributed by atoms with Crippen molar-refractivity contribution in [3.63, 3.8) is 0 Å². The number of rotatable bonds is 5. The number of anilines is 2. The third kappa shape index (κ3) is 4.97. The van der Waals surface area contributed by atoms with Gasteiger partial charge < -0.3 is 20.5 Å². The summed E-state index contributed by atoms with van der Waals surface area (Å²) in [4.78, 5) is 37.4. The van der Waals surface area contributed by atoms with Crippen molar-refractivity contribution in [3.8, 4) is 0 Å². The van der Waals surface area contributed by atoms with Crippen LogP contribution in [0.1, 0.15) is 12.8 Å². The first-order valence-corrected chi connectivity index (χ1v) is 9.52. The van der Waals surface area contributed by atoms with Crippen LogP contribution < -0.4 is 21.5 Å². The lowest BCUT2D eigenvalue weighted by molar-refractivity contribution is -0.122. The van der Waals surface area contributed by atoms with E-state index in [9.17, 15) is 14.4 Å². The summed E-state index contributed by atoms with van der Waals surface area (Å²) in [5.41, 5.74) is 6.84. The van der Waals surface area contributed by atoms with Gasteiger partial charge in [0.25, 0.3) is 5.56 Å². The summed E-state index contributed by atoms with van der Waals surface area (Å²) in [6.45, 7) is 1.51. The van der Waals surface area contributed by atoms with Crippen LogP contribution in [-0.2, 0) is 16.1 Å². The van der Waals surface area contributed by atoms with Crippen molar-refractivity contribution >= 4 is 39.1 Å². The molecule has 8 heteroatoms. The van der Waals surface area contributed by atoms with Crippen LogP contribution in [0.5, 0.6) is 0 Å². The second-order valence-electron chi connectivity index (χ2n) is 6.57. The number of aromatic nitrogens is 1. The molecule has 3 N–H and O–H groups in total. The van der Waals surface area contributed by atoms with E-state index in [4.69, 9.17) is 5.73 Å². The molecule has 1 aromatic carbocycles. The number of hydrogen-bond donors (Lipinski definition) is 2. The number of pyridine rings is 1. The quantitative estimate of drug-likeness (QED) is 0.754. The van der Waals surface area contributed by atoms with Crippen LogP contribution in [0.2, 0.25) is 0 Å². The molecule has 0 saturated carbocycles. The molecule has 1 aliphatic rings. The van der Waals surface area contributed by atoms with E-state index in [-0.39, 0.29) is 29.8 Å². The van der Waals surface area contributed by atoms with Crippen LogP contribution in [0.25, 0.3) is 0 Å². The molecule has 2 heterocycles. The summed E-state index contributed by atoms with van der Waals surface area (Å²) in [6, 6.07) is 10.6. The maximum atomic E-state index is 12.2. The van der Waals surface area contributed by atoms with Gasteiger partial charge in [-0.15, -0.1) is 0 Å². The maximum Gasteiger partial charge on any atom is 0.251 e. The molecule has 0 radical (unpaired) electrons. The Bertz CT molecular complexity index is 887. The van der Waals surface area contributed by atoms with Gasteiger partial charge in [0.2, 0.25) is 11.8 Å². The molecule has 27 heavy (non-hydrogen) atoms. The van der Waals surface area contributed by atoms with Gasteiger partial charge in [-0.2, -0.15) is 0 Å². The highest BCUT2D eigenvalue weighted by molar-refractivity contribution is 9.10. The van der Waals surface area contributed by atoms with Gasteiger partial charge >= 0.3 is 0 Å². The standard InChI is InChI=1S/C19H21BrN4O3/c20-14-1-6-18(26)24(11-14)12-17(25)22-15-2-4-16(5-3-15)23-9-7-13(8-10-23)19(21)27/h1-6,11,13H,7-10,12H2,(H2,21,27)(H,22,25). The molecular formula is C19H21BrN4O3. The number of primary amides is 1. The van der Waals surface area contributed by atoms with Crippen LogP contribution in [0, 0.1) is 5.92 Å². The molecule has 1 aliphatic heterocycles. The van der Waals surface area contributed by atoms with Crippen LogP contribution in [0.4, 0.5) is 11.4 Å². The number of benzene rings is 1. The van der Waals surface area contributed by atoms with E-state index in [1.54, 1.807) is 12.3 Å². The summed E-state index contributed by atoms with van der Waals surface area (Å²) in [5, 5.41) is 2.80. The van der Waals surface area contributed by atoms with E-state index in [0.717, 1.165) is 36.1 Å². The third-order valence-corrected chi connectivity index (χ3v) is 5.14. The zero-order valence-electron chi connectivity index (χ0n) is 14.7. The molecule has 142 valence electrons. The van der Waals surface area contributed by atoms with E-state index < -0.39 is 0 Å². The molecule has 0 atom stereocenters. The molecule has 2 amide bonds. The Morgan fingerprint density at radius 2 is 1.78 bits per heavy atom. The smallest absolute Gasteiger partial charge is 0.251 e. The molecule has 1 saturated heterocycles. The number of nitrogens with two attached hydrogens (primary N) is 1. The van der Waals surface area contributed by atoms with Crippen molar-refractivity contribution in [2.75, 3.05) is 23.3 Å². The minimum Gasteiger partial charge on any atom is -0.371 e. The minimum absolute atomic E-state index is 0.0405. The molecule has 0 bridgehead atoms. The Balaban J connectivity index is 1.57. The lowest BCUT2D eigenvalue weighted by atomic mass is 9.96. The molecule has 1 aromatic heterocycles. The number of carbonyl (C=O) groups excluding carboxylic acids is 2. The fourth-order valence-corrected chi connectivity index (χ4v) is 3.54. The lowest BCUT2D eigenvalue weighted by Gasteiger charge is -2.32. The highest BCUT2D eigenvalue weighted by Gasteiger charge is 2.23. The zero-order valence-corrected chi connectivity index (χ0v) is 16.3. The van der Waals surface area contributed by atoms with Gasteiger partial charge in [-0.1, -0.05) is 0 Å².